The maximum atomic E-state index is 11.5. The van der Waals surface area contributed by atoms with Gasteiger partial charge in [-0.2, -0.15) is 0 Å². The largest absolute Gasteiger partial charge is 0.462 e. The summed E-state index contributed by atoms with van der Waals surface area (Å²) < 4.78 is 5.49. The molecule has 2 heteroatoms. The van der Waals surface area contributed by atoms with E-state index in [1.165, 1.54) is 18.4 Å². The standard InChI is InChI=1S/C17H24O2/c1-2-6-17(18)19-16-11-9-15(10-12-16)13-14-7-4-3-5-8-14/h3-5,7-8,15-16H,2,6,9-13H2,1H3. The van der Waals surface area contributed by atoms with Crippen LogP contribution in [0, 0.1) is 5.92 Å². The Balaban J connectivity index is 1.72. The Bertz CT molecular complexity index is 378. The highest BCUT2D eigenvalue weighted by Crippen LogP contribution is 2.29. The second-order valence-electron chi connectivity index (χ2n) is 5.57. The predicted octanol–water partition coefficient (Wildman–Crippen LogP) is 4.13. The number of benzene rings is 1. The minimum Gasteiger partial charge on any atom is -0.462 e. The summed E-state index contributed by atoms with van der Waals surface area (Å²) in [6.45, 7) is 2.01. The summed E-state index contributed by atoms with van der Waals surface area (Å²) in [5.74, 6) is 0.734. The van der Waals surface area contributed by atoms with Crippen molar-refractivity contribution < 1.29 is 9.53 Å². The van der Waals surface area contributed by atoms with E-state index < -0.39 is 0 Å². The summed E-state index contributed by atoms with van der Waals surface area (Å²) in [7, 11) is 0. The summed E-state index contributed by atoms with van der Waals surface area (Å²) >= 11 is 0. The molecule has 0 heterocycles. The number of carbonyl (C=O) groups excluding carboxylic acids is 1. The third-order valence-corrected chi connectivity index (χ3v) is 3.91. The summed E-state index contributed by atoms with van der Waals surface area (Å²) in [4.78, 5) is 11.5. The fourth-order valence-corrected chi connectivity index (χ4v) is 2.85. The molecule has 1 aliphatic carbocycles. The van der Waals surface area contributed by atoms with Crippen molar-refractivity contribution in [3.05, 3.63) is 35.9 Å². The van der Waals surface area contributed by atoms with Gasteiger partial charge in [0.15, 0.2) is 0 Å². The third kappa shape index (κ3) is 4.70. The van der Waals surface area contributed by atoms with E-state index in [0.29, 0.717) is 6.42 Å². The van der Waals surface area contributed by atoms with Gasteiger partial charge in [0.05, 0.1) is 0 Å². The van der Waals surface area contributed by atoms with Gasteiger partial charge in [-0.05, 0) is 50.0 Å². The Morgan fingerprint density at radius 1 is 1.16 bits per heavy atom. The number of hydrogen-bond donors (Lipinski definition) is 0. The third-order valence-electron chi connectivity index (χ3n) is 3.91. The lowest BCUT2D eigenvalue weighted by molar-refractivity contribution is -0.151. The molecule has 0 atom stereocenters. The Morgan fingerprint density at radius 2 is 1.84 bits per heavy atom. The van der Waals surface area contributed by atoms with Crippen LogP contribution in [0.3, 0.4) is 0 Å². The Labute approximate surface area is 116 Å². The van der Waals surface area contributed by atoms with Crippen LogP contribution in [-0.2, 0) is 16.0 Å². The second kappa shape index (κ2) is 7.32. The molecule has 2 rings (SSSR count). The predicted molar refractivity (Wildman–Crippen MR) is 76.9 cm³/mol. The molecule has 0 amide bonds. The van der Waals surface area contributed by atoms with Crippen molar-refractivity contribution in [2.45, 2.75) is 58.0 Å². The van der Waals surface area contributed by atoms with Crippen LogP contribution < -0.4 is 0 Å². The minimum absolute atomic E-state index is 0.0194. The van der Waals surface area contributed by atoms with Crippen molar-refractivity contribution >= 4 is 5.97 Å². The molecule has 19 heavy (non-hydrogen) atoms. The fourth-order valence-electron chi connectivity index (χ4n) is 2.85. The van der Waals surface area contributed by atoms with Gasteiger partial charge in [-0.3, -0.25) is 4.79 Å². The first-order chi connectivity index (χ1) is 9.28. The molecule has 0 aliphatic heterocycles. The highest BCUT2D eigenvalue weighted by Gasteiger charge is 2.23. The second-order valence-corrected chi connectivity index (χ2v) is 5.57. The van der Waals surface area contributed by atoms with Crippen LogP contribution in [0.2, 0.25) is 0 Å². The van der Waals surface area contributed by atoms with E-state index in [1.807, 2.05) is 6.92 Å². The minimum atomic E-state index is -0.0194. The molecule has 0 bridgehead atoms. The van der Waals surface area contributed by atoms with Crippen molar-refractivity contribution in [3.8, 4) is 0 Å². The molecule has 0 N–H and O–H groups in total. The van der Waals surface area contributed by atoms with E-state index in [4.69, 9.17) is 4.74 Å². The summed E-state index contributed by atoms with van der Waals surface area (Å²) in [5, 5.41) is 0. The molecule has 104 valence electrons. The molecule has 0 unspecified atom stereocenters. The SMILES string of the molecule is CCCC(=O)OC1CCC(Cc2ccccc2)CC1. The van der Waals surface area contributed by atoms with E-state index in [2.05, 4.69) is 30.3 Å². The highest BCUT2D eigenvalue weighted by atomic mass is 16.5. The van der Waals surface area contributed by atoms with Gasteiger partial charge in [0.25, 0.3) is 0 Å². The smallest absolute Gasteiger partial charge is 0.306 e. The van der Waals surface area contributed by atoms with Gasteiger partial charge in [-0.25, -0.2) is 0 Å². The fraction of sp³-hybridized carbons (Fsp3) is 0.588. The van der Waals surface area contributed by atoms with E-state index in [1.54, 1.807) is 0 Å². The molecule has 0 spiro atoms. The number of ether oxygens (including phenoxy) is 1. The van der Waals surface area contributed by atoms with Crippen molar-refractivity contribution in [3.63, 3.8) is 0 Å². The van der Waals surface area contributed by atoms with Crippen LogP contribution in [-0.4, -0.2) is 12.1 Å². The zero-order chi connectivity index (χ0) is 13.5. The first-order valence-corrected chi connectivity index (χ1v) is 7.51. The van der Waals surface area contributed by atoms with Crippen molar-refractivity contribution in [2.24, 2.45) is 5.92 Å². The molecule has 0 radical (unpaired) electrons. The monoisotopic (exact) mass is 260 g/mol. The maximum Gasteiger partial charge on any atom is 0.306 e. The van der Waals surface area contributed by atoms with E-state index in [0.717, 1.165) is 31.6 Å². The number of rotatable bonds is 5. The molecular weight excluding hydrogens is 236 g/mol. The van der Waals surface area contributed by atoms with Crippen molar-refractivity contribution in [1.82, 2.24) is 0 Å². The lowest BCUT2D eigenvalue weighted by Crippen LogP contribution is -2.25. The van der Waals surface area contributed by atoms with Crippen LogP contribution >= 0.6 is 0 Å². The first kappa shape index (κ1) is 14.1. The summed E-state index contributed by atoms with van der Waals surface area (Å²) in [5.41, 5.74) is 1.42. The zero-order valence-electron chi connectivity index (χ0n) is 11.8. The van der Waals surface area contributed by atoms with Crippen LogP contribution in [0.15, 0.2) is 30.3 Å². The molecule has 2 nitrogen and oxygen atoms in total. The molecule has 0 saturated heterocycles. The lowest BCUT2D eigenvalue weighted by Gasteiger charge is -2.28. The average molecular weight is 260 g/mol. The Kier molecular flexibility index (Phi) is 5.44. The van der Waals surface area contributed by atoms with Crippen molar-refractivity contribution in [1.29, 1.82) is 0 Å². The summed E-state index contributed by atoms with van der Waals surface area (Å²) in [6, 6.07) is 10.7. The van der Waals surface area contributed by atoms with Crippen LogP contribution in [0.4, 0.5) is 0 Å². The Morgan fingerprint density at radius 3 is 2.47 bits per heavy atom. The lowest BCUT2D eigenvalue weighted by atomic mass is 9.83. The van der Waals surface area contributed by atoms with Gasteiger partial charge in [0, 0.05) is 6.42 Å². The normalized spacial score (nSPS) is 23.0. The quantitative estimate of drug-likeness (QED) is 0.744. The average Bonchev–Trinajstić information content (AvgIpc) is 2.42. The van der Waals surface area contributed by atoms with E-state index >= 15 is 0 Å². The number of hydrogen-bond acceptors (Lipinski definition) is 2. The topological polar surface area (TPSA) is 26.3 Å². The van der Waals surface area contributed by atoms with Crippen LogP contribution in [0.5, 0.6) is 0 Å². The molecule has 1 aliphatic rings. The number of carbonyl (C=O) groups is 1. The van der Waals surface area contributed by atoms with Gasteiger partial charge < -0.3 is 4.74 Å². The Hall–Kier alpha value is -1.31. The molecule has 1 aromatic carbocycles. The van der Waals surface area contributed by atoms with Gasteiger partial charge in [0.2, 0.25) is 0 Å². The van der Waals surface area contributed by atoms with E-state index in [9.17, 15) is 4.79 Å². The summed E-state index contributed by atoms with van der Waals surface area (Å²) in [6.07, 6.45) is 7.20. The van der Waals surface area contributed by atoms with Gasteiger partial charge in [-0.15, -0.1) is 0 Å². The van der Waals surface area contributed by atoms with E-state index in [-0.39, 0.29) is 12.1 Å². The van der Waals surface area contributed by atoms with Crippen LogP contribution in [0.25, 0.3) is 0 Å². The van der Waals surface area contributed by atoms with Gasteiger partial charge >= 0.3 is 5.97 Å². The molecule has 1 aromatic rings. The molecule has 1 saturated carbocycles. The van der Waals surface area contributed by atoms with Gasteiger partial charge in [-0.1, -0.05) is 37.3 Å². The first-order valence-electron chi connectivity index (χ1n) is 7.51. The zero-order valence-corrected chi connectivity index (χ0v) is 11.8. The molecule has 0 aromatic heterocycles. The molecular formula is C17H24O2. The number of esters is 1. The highest BCUT2D eigenvalue weighted by molar-refractivity contribution is 5.69. The maximum absolute atomic E-state index is 11.5. The van der Waals surface area contributed by atoms with Gasteiger partial charge in [0.1, 0.15) is 6.10 Å². The molecule has 1 fully saturated rings. The van der Waals surface area contributed by atoms with Crippen LogP contribution in [0.1, 0.15) is 51.0 Å². The van der Waals surface area contributed by atoms with Crippen molar-refractivity contribution in [2.75, 3.05) is 0 Å².